The Kier molecular flexibility index (Phi) is 6.15. The molecular formula is C13H19BrN2O2. The molecule has 1 aromatic carbocycles. The van der Waals surface area contributed by atoms with Crippen LogP contribution >= 0.6 is 15.9 Å². The minimum atomic E-state index is -0.314. The van der Waals surface area contributed by atoms with Gasteiger partial charge >= 0.3 is 0 Å². The molecule has 5 heteroatoms. The molecule has 18 heavy (non-hydrogen) atoms. The van der Waals surface area contributed by atoms with Crippen LogP contribution in [0.1, 0.15) is 13.8 Å². The van der Waals surface area contributed by atoms with Gasteiger partial charge in [0.1, 0.15) is 12.4 Å². The Morgan fingerprint density at radius 2 is 2.22 bits per heavy atom. The molecule has 1 aromatic rings. The Morgan fingerprint density at radius 1 is 1.50 bits per heavy atom. The fraction of sp³-hybridized carbons (Fsp3) is 0.462. The van der Waals surface area contributed by atoms with Crippen molar-refractivity contribution < 1.29 is 9.53 Å². The number of halogens is 1. The lowest BCUT2D eigenvalue weighted by Crippen LogP contribution is -2.40. The van der Waals surface area contributed by atoms with E-state index < -0.39 is 0 Å². The van der Waals surface area contributed by atoms with Gasteiger partial charge in [-0.2, -0.15) is 0 Å². The van der Waals surface area contributed by atoms with Crippen molar-refractivity contribution in [1.82, 2.24) is 4.90 Å². The molecule has 0 spiro atoms. The van der Waals surface area contributed by atoms with Gasteiger partial charge in [-0.1, -0.05) is 22.0 Å². The molecule has 0 aliphatic rings. The maximum absolute atomic E-state index is 10.9. The molecule has 0 saturated heterocycles. The highest BCUT2D eigenvalue weighted by Crippen LogP contribution is 2.17. The highest BCUT2D eigenvalue weighted by Gasteiger charge is 2.11. The van der Waals surface area contributed by atoms with E-state index in [0.717, 1.165) is 10.2 Å². The smallest absolute Gasteiger partial charge is 0.231 e. The first-order valence-electron chi connectivity index (χ1n) is 5.89. The van der Waals surface area contributed by atoms with E-state index in [9.17, 15) is 4.79 Å². The topological polar surface area (TPSA) is 55.6 Å². The highest BCUT2D eigenvalue weighted by molar-refractivity contribution is 9.10. The van der Waals surface area contributed by atoms with Gasteiger partial charge in [0, 0.05) is 17.1 Å². The number of rotatable bonds is 7. The van der Waals surface area contributed by atoms with Gasteiger partial charge in [0.2, 0.25) is 5.91 Å². The third-order valence-corrected chi connectivity index (χ3v) is 3.03. The fourth-order valence-corrected chi connectivity index (χ4v) is 1.94. The predicted octanol–water partition coefficient (Wildman–Crippen LogP) is 2.02. The molecule has 0 atom stereocenters. The second-order valence-corrected chi connectivity index (χ2v) is 5.25. The first-order chi connectivity index (χ1) is 8.49. The van der Waals surface area contributed by atoms with Crippen LogP contribution < -0.4 is 10.5 Å². The van der Waals surface area contributed by atoms with Gasteiger partial charge in [-0.3, -0.25) is 9.69 Å². The van der Waals surface area contributed by atoms with E-state index in [-0.39, 0.29) is 18.5 Å². The Hall–Kier alpha value is -1.07. The van der Waals surface area contributed by atoms with E-state index in [2.05, 4.69) is 15.9 Å². The minimum Gasteiger partial charge on any atom is -0.492 e. The second-order valence-electron chi connectivity index (χ2n) is 4.34. The van der Waals surface area contributed by atoms with E-state index in [1.54, 1.807) is 0 Å². The lowest BCUT2D eigenvalue weighted by atomic mass is 10.3. The number of hydrogen-bond acceptors (Lipinski definition) is 3. The SMILES string of the molecule is CC(C)N(CCOc1cccc(Br)c1)CC(N)=O. The van der Waals surface area contributed by atoms with Crippen LogP contribution in [0.25, 0.3) is 0 Å². The number of nitrogens with zero attached hydrogens (tertiary/aromatic N) is 1. The number of primary amides is 1. The molecule has 100 valence electrons. The van der Waals surface area contributed by atoms with Gasteiger partial charge in [-0.15, -0.1) is 0 Å². The molecule has 0 aliphatic carbocycles. The van der Waals surface area contributed by atoms with Crippen molar-refractivity contribution in [3.05, 3.63) is 28.7 Å². The molecule has 1 rings (SSSR count). The lowest BCUT2D eigenvalue weighted by Gasteiger charge is -2.24. The van der Waals surface area contributed by atoms with Crippen molar-refractivity contribution in [3.8, 4) is 5.75 Å². The summed E-state index contributed by atoms with van der Waals surface area (Å²) in [6, 6.07) is 7.94. The zero-order valence-electron chi connectivity index (χ0n) is 10.7. The quantitative estimate of drug-likeness (QED) is 0.837. The van der Waals surface area contributed by atoms with Gasteiger partial charge in [-0.25, -0.2) is 0 Å². The summed E-state index contributed by atoms with van der Waals surface area (Å²) in [5.41, 5.74) is 5.21. The number of carbonyl (C=O) groups excluding carboxylic acids is 1. The standard InChI is InChI=1S/C13H19BrN2O2/c1-10(2)16(9-13(15)17)6-7-18-12-5-3-4-11(14)8-12/h3-5,8,10H,6-7,9H2,1-2H3,(H2,15,17). The third kappa shape index (κ3) is 5.51. The molecule has 4 nitrogen and oxygen atoms in total. The third-order valence-electron chi connectivity index (χ3n) is 2.53. The zero-order chi connectivity index (χ0) is 13.5. The summed E-state index contributed by atoms with van der Waals surface area (Å²) in [7, 11) is 0. The zero-order valence-corrected chi connectivity index (χ0v) is 12.3. The summed E-state index contributed by atoms with van der Waals surface area (Å²) in [6.45, 7) is 5.53. The molecule has 0 radical (unpaired) electrons. The first kappa shape index (κ1) is 15.0. The van der Waals surface area contributed by atoms with Crippen molar-refractivity contribution >= 4 is 21.8 Å². The van der Waals surface area contributed by atoms with E-state index in [0.29, 0.717) is 13.2 Å². The van der Waals surface area contributed by atoms with Crippen LogP contribution in [0.15, 0.2) is 28.7 Å². The molecule has 0 aliphatic heterocycles. The maximum Gasteiger partial charge on any atom is 0.231 e. The summed E-state index contributed by atoms with van der Waals surface area (Å²) in [4.78, 5) is 12.9. The average molecular weight is 315 g/mol. The summed E-state index contributed by atoms with van der Waals surface area (Å²) in [5.74, 6) is 0.498. The summed E-state index contributed by atoms with van der Waals surface area (Å²) in [6.07, 6.45) is 0. The predicted molar refractivity (Wildman–Crippen MR) is 75.5 cm³/mol. The number of ether oxygens (including phenoxy) is 1. The molecule has 2 N–H and O–H groups in total. The van der Waals surface area contributed by atoms with Gasteiger partial charge in [0.15, 0.2) is 0 Å². The Balaban J connectivity index is 2.41. The number of carbonyl (C=O) groups is 1. The minimum absolute atomic E-state index is 0.263. The van der Waals surface area contributed by atoms with Crippen molar-refractivity contribution in [2.75, 3.05) is 19.7 Å². The molecule has 0 fully saturated rings. The molecule has 0 heterocycles. The van der Waals surface area contributed by atoms with Crippen molar-refractivity contribution in [2.45, 2.75) is 19.9 Å². The lowest BCUT2D eigenvalue weighted by molar-refractivity contribution is -0.119. The summed E-state index contributed by atoms with van der Waals surface area (Å²) < 4.78 is 6.61. The monoisotopic (exact) mass is 314 g/mol. The summed E-state index contributed by atoms with van der Waals surface area (Å²) >= 11 is 3.39. The molecular weight excluding hydrogens is 296 g/mol. The Bertz CT molecular complexity index is 396. The van der Waals surface area contributed by atoms with E-state index in [1.807, 2.05) is 43.0 Å². The largest absolute Gasteiger partial charge is 0.492 e. The average Bonchev–Trinajstić information content (AvgIpc) is 2.27. The molecule has 0 unspecified atom stereocenters. The van der Waals surface area contributed by atoms with E-state index in [1.165, 1.54) is 0 Å². The second kappa shape index (κ2) is 7.38. The normalized spacial score (nSPS) is 10.9. The van der Waals surface area contributed by atoms with Crippen LogP contribution in [0.2, 0.25) is 0 Å². The van der Waals surface area contributed by atoms with Gasteiger partial charge < -0.3 is 10.5 Å². The highest BCUT2D eigenvalue weighted by atomic mass is 79.9. The molecule has 0 bridgehead atoms. The van der Waals surface area contributed by atoms with Crippen molar-refractivity contribution in [3.63, 3.8) is 0 Å². The Morgan fingerprint density at radius 3 is 2.78 bits per heavy atom. The van der Waals surface area contributed by atoms with Crippen LogP contribution in [0.5, 0.6) is 5.75 Å². The van der Waals surface area contributed by atoms with E-state index in [4.69, 9.17) is 10.5 Å². The van der Waals surface area contributed by atoms with Gasteiger partial charge in [0.05, 0.1) is 6.54 Å². The van der Waals surface area contributed by atoms with Gasteiger partial charge in [0.25, 0.3) is 0 Å². The first-order valence-corrected chi connectivity index (χ1v) is 6.69. The van der Waals surface area contributed by atoms with E-state index >= 15 is 0 Å². The number of nitrogens with two attached hydrogens (primary N) is 1. The van der Waals surface area contributed by atoms with Crippen molar-refractivity contribution in [2.24, 2.45) is 5.73 Å². The van der Waals surface area contributed by atoms with Crippen LogP contribution in [-0.2, 0) is 4.79 Å². The number of hydrogen-bond donors (Lipinski definition) is 1. The summed E-state index contributed by atoms with van der Waals surface area (Å²) in [5, 5.41) is 0. The van der Waals surface area contributed by atoms with Crippen molar-refractivity contribution in [1.29, 1.82) is 0 Å². The molecule has 1 amide bonds. The van der Waals surface area contributed by atoms with Crippen LogP contribution in [-0.4, -0.2) is 36.5 Å². The fourth-order valence-electron chi connectivity index (χ4n) is 1.56. The maximum atomic E-state index is 10.9. The van der Waals surface area contributed by atoms with Crippen LogP contribution in [0, 0.1) is 0 Å². The molecule has 0 aromatic heterocycles. The Labute approximate surface area is 116 Å². The van der Waals surface area contributed by atoms with Crippen LogP contribution in [0.4, 0.5) is 0 Å². The number of amides is 1. The van der Waals surface area contributed by atoms with Gasteiger partial charge in [-0.05, 0) is 32.0 Å². The number of benzene rings is 1. The van der Waals surface area contributed by atoms with Crippen LogP contribution in [0.3, 0.4) is 0 Å². The molecule has 0 saturated carbocycles.